The van der Waals surface area contributed by atoms with E-state index in [0.29, 0.717) is 61.5 Å². The molecule has 9 nitrogen and oxygen atoms in total. The van der Waals surface area contributed by atoms with E-state index in [4.69, 9.17) is 4.42 Å². The lowest BCUT2D eigenvalue weighted by atomic mass is 9.91. The fourth-order valence-corrected chi connectivity index (χ4v) is 6.37. The zero-order valence-electron chi connectivity index (χ0n) is 26.4. The molecule has 1 aliphatic heterocycles. The van der Waals surface area contributed by atoms with Gasteiger partial charge in [-0.1, -0.05) is 12.1 Å². The average molecular weight is 586 g/mol. The fourth-order valence-electron chi connectivity index (χ4n) is 6.37. The Balaban J connectivity index is 1.41. The van der Waals surface area contributed by atoms with Crippen molar-refractivity contribution in [3.8, 4) is 0 Å². The molecule has 0 radical (unpaired) electrons. The largest absolute Gasteiger partial charge is 0.627 e. The van der Waals surface area contributed by atoms with E-state index in [0.717, 1.165) is 28.1 Å². The van der Waals surface area contributed by atoms with Crippen molar-refractivity contribution in [3.05, 3.63) is 92.5 Å². The molecule has 43 heavy (non-hydrogen) atoms. The Kier molecular flexibility index (Phi) is 8.35. The molecule has 0 N–H and O–H groups in total. The topological polar surface area (TPSA) is 94.6 Å². The molecule has 0 saturated heterocycles. The molecule has 1 atom stereocenters. The van der Waals surface area contributed by atoms with Gasteiger partial charge >= 0.3 is 0 Å². The number of carbonyl (C=O) groups excluding carboxylic acids is 1. The zero-order chi connectivity index (χ0) is 31.1. The molecule has 1 aromatic carbocycles. The van der Waals surface area contributed by atoms with Crippen LogP contribution in [-0.2, 0) is 24.3 Å². The Morgan fingerprint density at radius 2 is 1.86 bits per heavy atom. The van der Waals surface area contributed by atoms with E-state index < -0.39 is 10.1 Å². The van der Waals surface area contributed by atoms with Crippen LogP contribution in [0.1, 0.15) is 48.9 Å². The van der Waals surface area contributed by atoms with Gasteiger partial charge in [-0.25, -0.2) is 0 Å². The number of hydrogen-bond donors (Lipinski definition) is 0. The minimum absolute atomic E-state index is 0.0205. The van der Waals surface area contributed by atoms with Gasteiger partial charge in [0.2, 0.25) is 5.91 Å². The summed E-state index contributed by atoms with van der Waals surface area (Å²) in [6.07, 6.45) is 4.39. The van der Waals surface area contributed by atoms with Crippen molar-refractivity contribution >= 4 is 28.3 Å². The molecule has 0 aliphatic carbocycles. The zero-order valence-corrected chi connectivity index (χ0v) is 26.4. The second kappa shape index (κ2) is 11.7. The van der Waals surface area contributed by atoms with Crippen LogP contribution < -0.4 is 15.1 Å². The van der Waals surface area contributed by atoms with Crippen LogP contribution in [0.5, 0.6) is 0 Å². The van der Waals surface area contributed by atoms with E-state index in [9.17, 15) is 14.8 Å². The number of hydrogen-bond acceptors (Lipinski definition) is 6. The van der Waals surface area contributed by atoms with Crippen LogP contribution in [-0.4, -0.2) is 53.6 Å². The number of furan rings is 1. The standard InChI is InChI=1S/C34H43N5O4/c1-8-38-29-12-11-26(19-30(29)39(7,42)22-34(5,6)33(38)41)13-15-36(21-28-23(2)10-9-14-35-28)16-17-37-20-24(3)31-27(32(37)40)18-25(4)43-31/h9-12,14,18-20H,8,13,15-17,21-22H2,1-7H3. The van der Waals surface area contributed by atoms with Crippen molar-refractivity contribution < 1.29 is 9.21 Å². The number of quaternary nitrogens is 1. The van der Waals surface area contributed by atoms with Crippen LogP contribution >= 0.6 is 0 Å². The lowest BCUT2D eigenvalue weighted by molar-refractivity contribution is -0.126. The molecule has 4 heterocycles. The number of aromatic nitrogens is 2. The average Bonchev–Trinajstić information content (AvgIpc) is 3.34. The molecule has 4 aromatic rings. The van der Waals surface area contributed by atoms with Crippen LogP contribution in [0.4, 0.5) is 11.4 Å². The number of nitrogens with zero attached hydrogens (tertiary/aromatic N) is 5. The number of rotatable bonds is 9. The van der Waals surface area contributed by atoms with Gasteiger partial charge in [0.15, 0.2) is 5.69 Å². The molecule has 3 aromatic heterocycles. The lowest BCUT2D eigenvalue weighted by Gasteiger charge is -2.41. The van der Waals surface area contributed by atoms with Gasteiger partial charge in [-0.3, -0.25) is 19.5 Å². The maximum atomic E-state index is 13.9. The highest BCUT2D eigenvalue weighted by Gasteiger charge is 2.43. The third kappa shape index (κ3) is 6.16. The molecular formula is C34H43N5O4. The van der Waals surface area contributed by atoms with Crippen LogP contribution in [0.3, 0.4) is 0 Å². The normalized spacial score (nSPS) is 18.3. The minimum atomic E-state index is -0.766. The smallest absolute Gasteiger partial charge is 0.261 e. The third-order valence-electron chi connectivity index (χ3n) is 8.60. The quantitative estimate of drug-likeness (QED) is 0.191. The van der Waals surface area contributed by atoms with Crippen LogP contribution in [0.25, 0.3) is 11.0 Å². The van der Waals surface area contributed by atoms with Crippen molar-refractivity contribution in [1.82, 2.24) is 19.1 Å². The van der Waals surface area contributed by atoms with Crippen molar-refractivity contribution in [1.29, 1.82) is 0 Å². The van der Waals surface area contributed by atoms with Crippen LogP contribution in [0.15, 0.2) is 58.0 Å². The molecule has 1 unspecified atom stereocenters. The number of hydroxylamine groups is 2. The molecule has 1 aliphatic rings. The van der Waals surface area contributed by atoms with Gasteiger partial charge in [0.05, 0.1) is 30.1 Å². The number of pyridine rings is 2. The number of carbonyl (C=O) groups is 1. The number of benzene rings is 1. The van der Waals surface area contributed by atoms with Crippen molar-refractivity contribution in [3.63, 3.8) is 0 Å². The Morgan fingerprint density at radius 1 is 1.09 bits per heavy atom. The Labute approximate surface area is 253 Å². The highest BCUT2D eigenvalue weighted by molar-refractivity contribution is 6.01. The van der Waals surface area contributed by atoms with Crippen LogP contribution in [0, 0.1) is 31.4 Å². The maximum Gasteiger partial charge on any atom is 0.261 e. The first-order valence-corrected chi connectivity index (χ1v) is 15.1. The van der Waals surface area contributed by atoms with Crippen molar-refractivity contribution in [2.45, 2.75) is 61.1 Å². The molecule has 9 heteroatoms. The number of amides is 1. The monoisotopic (exact) mass is 585 g/mol. The first-order valence-electron chi connectivity index (χ1n) is 15.1. The van der Waals surface area contributed by atoms with E-state index in [1.165, 1.54) is 0 Å². The Hall–Kier alpha value is -3.79. The molecular weight excluding hydrogens is 542 g/mol. The molecule has 1 amide bonds. The third-order valence-corrected chi connectivity index (χ3v) is 8.60. The molecule has 0 saturated carbocycles. The lowest BCUT2D eigenvalue weighted by Crippen LogP contribution is -2.49. The maximum absolute atomic E-state index is 13.9. The van der Waals surface area contributed by atoms with E-state index in [1.807, 2.05) is 77.3 Å². The summed E-state index contributed by atoms with van der Waals surface area (Å²) in [5, 5.41) is 14.5. The summed E-state index contributed by atoms with van der Waals surface area (Å²) < 4.78 is 6.92. The second-order valence-electron chi connectivity index (χ2n) is 12.7. The highest BCUT2D eigenvalue weighted by atomic mass is 16.5. The van der Waals surface area contributed by atoms with Gasteiger partial charge in [-0.15, -0.1) is 0 Å². The SMILES string of the molecule is CCN1C(=O)C(C)(C)C[N+](C)([O-])c2cc(CCN(CCn3cc(C)c4oc(C)cc4c3=O)Cc3ncccc3C)ccc21. The Bertz CT molecular complexity index is 1720. The van der Waals surface area contributed by atoms with Gasteiger partial charge in [-0.05, 0) is 77.3 Å². The first kappa shape index (κ1) is 30.7. The number of aryl methyl sites for hydroxylation is 3. The highest BCUT2D eigenvalue weighted by Crippen LogP contribution is 2.41. The van der Waals surface area contributed by atoms with Gasteiger partial charge in [-0.2, -0.15) is 0 Å². The molecule has 0 spiro atoms. The van der Waals surface area contributed by atoms with Crippen molar-refractivity contribution in [2.24, 2.45) is 5.41 Å². The van der Waals surface area contributed by atoms with E-state index in [1.54, 1.807) is 16.5 Å². The van der Waals surface area contributed by atoms with E-state index >= 15 is 0 Å². The number of fused-ring (bicyclic) bond motifs is 2. The minimum Gasteiger partial charge on any atom is -0.627 e. The predicted molar refractivity (Wildman–Crippen MR) is 172 cm³/mol. The van der Waals surface area contributed by atoms with Gasteiger partial charge < -0.3 is 23.7 Å². The summed E-state index contributed by atoms with van der Waals surface area (Å²) in [5.41, 5.74) is 5.23. The summed E-state index contributed by atoms with van der Waals surface area (Å²) in [5.74, 6) is 0.705. The molecule has 5 rings (SSSR count). The molecule has 0 bridgehead atoms. The summed E-state index contributed by atoms with van der Waals surface area (Å²) in [6, 6.07) is 11.7. The molecule has 0 fully saturated rings. The number of anilines is 1. The summed E-state index contributed by atoms with van der Waals surface area (Å²) in [7, 11) is 1.64. The van der Waals surface area contributed by atoms with Gasteiger partial charge in [0, 0.05) is 56.7 Å². The summed E-state index contributed by atoms with van der Waals surface area (Å²) in [6.45, 7) is 14.7. The predicted octanol–water partition coefficient (Wildman–Crippen LogP) is 5.49. The fraction of sp³-hybridized carbons (Fsp3) is 0.441. The van der Waals surface area contributed by atoms with Crippen molar-refractivity contribution in [2.75, 3.05) is 38.1 Å². The van der Waals surface area contributed by atoms with Crippen LogP contribution in [0.2, 0.25) is 0 Å². The summed E-state index contributed by atoms with van der Waals surface area (Å²) in [4.78, 5) is 35.2. The van der Waals surface area contributed by atoms with E-state index in [-0.39, 0.29) is 18.0 Å². The van der Waals surface area contributed by atoms with E-state index in [2.05, 4.69) is 22.9 Å². The molecule has 228 valence electrons. The first-order chi connectivity index (χ1) is 20.3. The second-order valence-corrected chi connectivity index (χ2v) is 12.7. The van der Waals surface area contributed by atoms with Gasteiger partial charge in [0.1, 0.15) is 17.0 Å². The Morgan fingerprint density at radius 3 is 2.58 bits per heavy atom. The van der Waals surface area contributed by atoms with Gasteiger partial charge in [0.25, 0.3) is 5.56 Å². The summed E-state index contributed by atoms with van der Waals surface area (Å²) >= 11 is 0.